The van der Waals surface area contributed by atoms with Crippen LogP contribution in [-0.2, 0) is 11.2 Å². The Balaban J connectivity index is 1.83. The number of hydrogen-bond donors (Lipinski definition) is 1. The van der Waals surface area contributed by atoms with Gasteiger partial charge in [0.15, 0.2) is 5.76 Å². The lowest BCUT2D eigenvalue weighted by atomic mass is 10.1. The lowest BCUT2D eigenvalue weighted by molar-refractivity contribution is -0.115. The Bertz CT molecular complexity index is 906. The molecule has 0 saturated carbocycles. The fraction of sp³-hybridized carbons (Fsp3) is 0.278. The van der Waals surface area contributed by atoms with Crippen molar-refractivity contribution in [1.82, 2.24) is 14.9 Å². The van der Waals surface area contributed by atoms with Gasteiger partial charge in [-0.05, 0) is 52.0 Å². The van der Waals surface area contributed by atoms with E-state index in [-0.39, 0.29) is 12.3 Å². The molecule has 6 nitrogen and oxygen atoms in total. The van der Waals surface area contributed by atoms with Gasteiger partial charge in [0.1, 0.15) is 11.4 Å². The van der Waals surface area contributed by atoms with E-state index >= 15 is 0 Å². The number of aryl methyl sites for hydroxylation is 3. The largest absolute Gasteiger partial charge is 0.359 e. The molecule has 7 heteroatoms. The van der Waals surface area contributed by atoms with E-state index in [9.17, 15) is 4.79 Å². The van der Waals surface area contributed by atoms with Gasteiger partial charge in [-0.25, -0.2) is 4.68 Å². The Morgan fingerprint density at radius 1 is 1.16 bits per heavy atom. The summed E-state index contributed by atoms with van der Waals surface area (Å²) in [4.78, 5) is 12.4. The van der Waals surface area contributed by atoms with Crippen LogP contribution in [0.3, 0.4) is 0 Å². The van der Waals surface area contributed by atoms with Crippen molar-refractivity contribution in [2.45, 2.75) is 34.1 Å². The Hall–Kier alpha value is -2.60. The number of aromatic nitrogens is 3. The van der Waals surface area contributed by atoms with Crippen LogP contribution in [0.4, 0.5) is 5.69 Å². The summed E-state index contributed by atoms with van der Waals surface area (Å²) in [5, 5.41) is 11.9. The molecule has 25 heavy (non-hydrogen) atoms. The van der Waals surface area contributed by atoms with Crippen molar-refractivity contribution in [3.8, 4) is 5.69 Å². The van der Waals surface area contributed by atoms with E-state index in [4.69, 9.17) is 16.1 Å². The highest BCUT2D eigenvalue weighted by molar-refractivity contribution is 6.30. The van der Waals surface area contributed by atoms with Crippen molar-refractivity contribution in [2.24, 2.45) is 0 Å². The molecule has 0 aliphatic rings. The van der Waals surface area contributed by atoms with Crippen molar-refractivity contribution in [1.29, 1.82) is 0 Å². The molecule has 0 unspecified atom stereocenters. The molecule has 0 spiro atoms. The maximum absolute atomic E-state index is 12.4. The summed E-state index contributed by atoms with van der Waals surface area (Å²) in [7, 11) is 0. The molecule has 0 bridgehead atoms. The molecular formula is C18H19ClN4O2. The third kappa shape index (κ3) is 3.44. The average molecular weight is 359 g/mol. The molecule has 0 saturated heterocycles. The minimum atomic E-state index is -0.128. The number of rotatable bonds is 4. The Morgan fingerprint density at radius 2 is 1.84 bits per heavy atom. The fourth-order valence-electron chi connectivity index (χ4n) is 2.77. The van der Waals surface area contributed by atoms with Gasteiger partial charge in [-0.2, -0.15) is 5.10 Å². The number of nitrogens with one attached hydrogen (secondary N) is 1. The van der Waals surface area contributed by atoms with Gasteiger partial charge in [0.25, 0.3) is 0 Å². The molecule has 2 heterocycles. The van der Waals surface area contributed by atoms with Crippen molar-refractivity contribution in [3.05, 3.63) is 57.7 Å². The standard InChI is InChI=1S/C18H19ClN4O2/c1-10-16(9-17(24)20-18-11(2)22-25-13(18)4)12(3)23(21-10)15-7-5-14(19)6-8-15/h5-8H,9H2,1-4H3,(H,20,24). The summed E-state index contributed by atoms with van der Waals surface area (Å²) in [6.07, 6.45) is 0.231. The predicted octanol–water partition coefficient (Wildman–Crippen LogP) is 3.93. The second-order valence-corrected chi connectivity index (χ2v) is 6.40. The SMILES string of the molecule is Cc1nn(-c2ccc(Cl)cc2)c(C)c1CC(=O)Nc1c(C)noc1C. The summed E-state index contributed by atoms with van der Waals surface area (Å²) >= 11 is 5.94. The number of amides is 1. The highest BCUT2D eigenvalue weighted by Gasteiger charge is 2.18. The van der Waals surface area contributed by atoms with Gasteiger partial charge in [0.05, 0.1) is 17.8 Å². The second-order valence-electron chi connectivity index (χ2n) is 5.96. The highest BCUT2D eigenvalue weighted by atomic mass is 35.5. The van der Waals surface area contributed by atoms with Crippen LogP contribution < -0.4 is 5.32 Å². The first-order valence-corrected chi connectivity index (χ1v) is 8.28. The van der Waals surface area contributed by atoms with Gasteiger partial charge in [-0.1, -0.05) is 16.8 Å². The summed E-state index contributed by atoms with van der Waals surface area (Å²) in [6, 6.07) is 7.43. The zero-order valence-corrected chi connectivity index (χ0v) is 15.3. The summed E-state index contributed by atoms with van der Waals surface area (Å²) in [5.41, 5.74) is 4.85. The Kier molecular flexibility index (Phi) is 4.63. The quantitative estimate of drug-likeness (QED) is 0.767. The van der Waals surface area contributed by atoms with Crippen LogP contribution >= 0.6 is 11.6 Å². The van der Waals surface area contributed by atoms with Gasteiger partial charge < -0.3 is 9.84 Å². The lowest BCUT2D eigenvalue weighted by Crippen LogP contribution is -2.16. The molecule has 0 aliphatic heterocycles. The predicted molar refractivity (Wildman–Crippen MR) is 96.4 cm³/mol. The molecule has 0 atom stereocenters. The first-order chi connectivity index (χ1) is 11.9. The van der Waals surface area contributed by atoms with E-state index in [2.05, 4.69) is 15.6 Å². The zero-order valence-electron chi connectivity index (χ0n) is 14.6. The van der Waals surface area contributed by atoms with Crippen molar-refractivity contribution < 1.29 is 9.32 Å². The monoisotopic (exact) mass is 358 g/mol. The number of anilines is 1. The van der Waals surface area contributed by atoms with Crippen molar-refractivity contribution in [2.75, 3.05) is 5.32 Å². The van der Waals surface area contributed by atoms with E-state index < -0.39 is 0 Å². The number of benzene rings is 1. The topological polar surface area (TPSA) is 73.0 Å². The van der Waals surface area contributed by atoms with Crippen molar-refractivity contribution >= 4 is 23.2 Å². The van der Waals surface area contributed by atoms with E-state index in [0.29, 0.717) is 22.2 Å². The Labute approximate surface area is 150 Å². The second kappa shape index (κ2) is 6.72. The van der Waals surface area contributed by atoms with Crippen LogP contribution in [-0.4, -0.2) is 20.8 Å². The molecule has 0 aliphatic carbocycles. The third-order valence-corrected chi connectivity index (χ3v) is 4.40. The van der Waals surface area contributed by atoms with Crippen LogP contribution in [0, 0.1) is 27.7 Å². The van der Waals surface area contributed by atoms with Crippen LogP contribution in [0.15, 0.2) is 28.8 Å². The molecular weight excluding hydrogens is 340 g/mol. The normalized spacial score (nSPS) is 10.9. The first kappa shape index (κ1) is 17.2. The number of carbonyl (C=O) groups excluding carboxylic acids is 1. The van der Waals surface area contributed by atoms with Crippen LogP contribution in [0.25, 0.3) is 5.69 Å². The smallest absolute Gasteiger partial charge is 0.229 e. The fourth-order valence-corrected chi connectivity index (χ4v) is 2.90. The first-order valence-electron chi connectivity index (χ1n) is 7.90. The number of hydrogen-bond acceptors (Lipinski definition) is 4. The van der Waals surface area contributed by atoms with E-state index in [0.717, 1.165) is 22.6 Å². The molecule has 1 aromatic carbocycles. The van der Waals surface area contributed by atoms with Gasteiger partial charge in [-0.3, -0.25) is 4.79 Å². The van der Waals surface area contributed by atoms with Crippen LogP contribution in [0.1, 0.15) is 28.4 Å². The zero-order chi connectivity index (χ0) is 18.1. The van der Waals surface area contributed by atoms with Gasteiger partial charge in [-0.15, -0.1) is 0 Å². The molecule has 1 amide bonds. The van der Waals surface area contributed by atoms with Gasteiger partial charge in [0.2, 0.25) is 5.91 Å². The minimum absolute atomic E-state index is 0.128. The molecule has 130 valence electrons. The van der Waals surface area contributed by atoms with Gasteiger partial charge >= 0.3 is 0 Å². The molecule has 0 radical (unpaired) electrons. The number of nitrogens with zero attached hydrogens (tertiary/aromatic N) is 3. The summed E-state index contributed by atoms with van der Waals surface area (Å²) in [5.74, 6) is 0.465. The number of carbonyl (C=O) groups is 1. The highest BCUT2D eigenvalue weighted by Crippen LogP contribution is 2.22. The molecule has 3 rings (SSSR count). The van der Waals surface area contributed by atoms with E-state index in [1.54, 1.807) is 13.8 Å². The molecule has 2 aromatic heterocycles. The summed E-state index contributed by atoms with van der Waals surface area (Å²) in [6.45, 7) is 7.41. The van der Waals surface area contributed by atoms with Crippen LogP contribution in [0.5, 0.6) is 0 Å². The lowest BCUT2D eigenvalue weighted by Gasteiger charge is -2.07. The molecule has 0 fully saturated rings. The average Bonchev–Trinajstić information content (AvgIpc) is 3.03. The van der Waals surface area contributed by atoms with Crippen LogP contribution in [0.2, 0.25) is 5.02 Å². The molecule has 3 aromatic rings. The van der Waals surface area contributed by atoms with Crippen molar-refractivity contribution in [3.63, 3.8) is 0 Å². The number of halogens is 1. The van der Waals surface area contributed by atoms with E-state index in [1.165, 1.54) is 0 Å². The molecule has 1 N–H and O–H groups in total. The summed E-state index contributed by atoms with van der Waals surface area (Å²) < 4.78 is 6.90. The van der Waals surface area contributed by atoms with Gasteiger partial charge in [0, 0.05) is 16.3 Å². The van der Waals surface area contributed by atoms with E-state index in [1.807, 2.05) is 42.8 Å². The third-order valence-electron chi connectivity index (χ3n) is 4.15. The Morgan fingerprint density at radius 3 is 2.44 bits per heavy atom. The maximum atomic E-state index is 12.4. The minimum Gasteiger partial charge on any atom is -0.359 e. The maximum Gasteiger partial charge on any atom is 0.229 e.